The fraction of sp³-hybridized carbons (Fsp3) is 0.462. The summed E-state index contributed by atoms with van der Waals surface area (Å²) in [4.78, 5) is 11.6. The lowest BCUT2D eigenvalue weighted by Gasteiger charge is -2.15. The van der Waals surface area contributed by atoms with Crippen LogP contribution in [0.5, 0.6) is 5.75 Å². The number of carbonyl (C=O) groups is 1. The molecular weight excluding hydrogens is 270 g/mol. The molecule has 1 aromatic rings. The molecule has 1 unspecified atom stereocenters. The van der Waals surface area contributed by atoms with Crippen LogP contribution in [-0.4, -0.2) is 44.0 Å². The van der Waals surface area contributed by atoms with Gasteiger partial charge in [0, 0.05) is 7.11 Å². The Morgan fingerprint density at radius 1 is 1.53 bits per heavy atom. The molecule has 0 fully saturated rings. The molecule has 0 saturated heterocycles. The molecule has 0 aliphatic heterocycles. The van der Waals surface area contributed by atoms with Gasteiger partial charge in [-0.3, -0.25) is 4.79 Å². The van der Waals surface area contributed by atoms with E-state index in [2.05, 4.69) is 5.32 Å². The molecule has 0 aliphatic carbocycles. The topological polar surface area (TPSA) is 67.8 Å². The molecule has 6 heteroatoms. The highest BCUT2D eigenvalue weighted by molar-refractivity contribution is 6.32. The number of aliphatic hydroxyl groups excluding tert-OH is 1. The van der Waals surface area contributed by atoms with Gasteiger partial charge in [-0.05, 0) is 24.6 Å². The van der Waals surface area contributed by atoms with Gasteiger partial charge in [0.1, 0.15) is 5.75 Å². The quantitative estimate of drug-likeness (QED) is 0.789. The summed E-state index contributed by atoms with van der Waals surface area (Å²) in [6.45, 7) is 1.80. The Kier molecular flexibility index (Phi) is 6.62. The number of methoxy groups -OCH3 is 1. The molecule has 0 aromatic heterocycles. The number of benzene rings is 1. The lowest BCUT2D eigenvalue weighted by atomic mass is 10.2. The van der Waals surface area contributed by atoms with E-state index in [0.29, 0.717) is 10.8 Å². The van der Waals surface area contributed by atoms with Crippen LogP contribution in [0.3, 0.4) is 0 Å². The first-order chi connectivity index (χ1) is 9.06. The smallest absolute Gasteiger partial charge is 0.258 e. The summed E-state index contributed by atoms with van der Waals surface area (Å²) < 4.78 is 10.2. The van der Waals surface area contributed by atoms with Gasteiger partial charge in [-0.2, -0.15) is 0 Å². The monoisotopic (exact) mass is 287 g/mol. The molecule has 1 atom stereocenters. The zero-order chi connectivity index (χ0) is 14.3. The van der Waals surface area contributed by atoms with Crippen molar-refractivity contribution in [1.29, 1.82) is 0 Å². The average Bonchev–Trinajstić information content (AvgIpc) is 2.39. The molecule has 0 radical (unpaired) electrons. The Bertz CT molecular complexity index is 425. The maximum absolute atomic E-state index is 11.6. The van der Waals surface area contributed by atoms with Crippen LogP contribution in [0.1, 0.15) is 5.56 Å². The Morgan fingerprint density at radius 2 is 2.26 bits per heavy atom. The van der Waals surface area contributed by atoms with E-state index >= 15 is 0 Å². The van der Waals surface area contributed by atoms with Crippen LogP contribution in [0, 0.1) is 6.92 Å². The van der Waals surface area contributed by atoms with Crippen molar-refractivity contribution in [2.24, 2.45) is 0 Å². The van der Waals surface area contributed by atoms with Crippen LogP contribution >= 0.6 is 11.6 Å². The fourth-order valence-electron chi connectivity index (χ4n) is 1.48. The van der Waals surface area contributed by atoms with Gasteiger partial charge in [0.25, 0.3) is 5.91 Å². The molecular formula is C13H18ClNO4. The summed E-state index contributed by atoms with van der Waals surface area (Å²) in [5, 5.41) is 12.1. The summed E-state index contributed by atoms with van der Waals surface area (Å²) in [5.41, 5.74) is 0.993. The van der Waals surface area contributed by atoms with E-state index in [0.717, 1.165) is 5.56 Å². The minimum absolute atomic E-state index is 0.163. The highest BCUT2D eigenvalue weighted by atomic mass is 35.5. The van der Waals surface area contributed by atoms with Crippen molar-refractivity contribution in [3.8, 4) is 5.75 Å². The predicted octanol–water partition coefficient (Wildman–Crippen LogP) is 1.15. The fourth-order valence-corrected chi connectivity index (χ4v) is 1.65. The van der Waals surface area contributed by atoms with Crippen LogP contribution < -0.4 is 10.1 Å². The number of rotatable bonds is 7. The van der Waals surface area contributed by atoms with Crippen molar-refractivity contribution in [3.05, 3.63) is 28.8 Å². The van der Waals surface area contributed by atoms with E-state index in [-0.39, 0.29) is 25.7 Å². The molecule has 2 N–H and O–H groups in total. The van der Waals surface area contributed by atoms with Gasteiger partial charge in [-0.15, -0.1) is 0 Å². The molecule has 0 spiro atoms. The van der Waals surface area contributed by atoms with Gasteiger partial charge < -0.3 is 19.9 Å². The summed E-state index contributed by atoms with van der Waals surface area (Å²) in [7, 11) is 1.50. The zero-order valence-corrected chi connectivity index (χ0v) is 11.7. The normalized spacial score (nSPS) is 12.0. The number of halogens is 1. The molecule has 106 valence electrons. The van der Waals surface area contributed by atoms with E-state index in [9.17, 15) is 4.79 Å². The van der Waals surface area contributed by atoms with E-state index in [1.807, 2.05) is 13.0 Å². The van der Waals surface area contributed by atoms with Crippen LogP contribution in [0.15, 0.2) is 18.2 Å². The number of aliphatic hydroxyl groups is 1. The van der Waals surface area contributed by atoms with Gasteiger partial charge in [0.05, 0.1) is 24.3 Å². The predicted molar refractivity (Wildman–Crippen MR) is 72.6 cm³/mol. The van der Waals surface area contributed by atoms with Gasteiger partial charge >= 0.3 is 0 Å². The minimum atomic E-state index is -0.436. The van der Waals surface area contributed by atoms with Crippen molar-refractivity contribution in [2.75, 3.05) is 26.9 Å². The number of aryl methyl sites for hydroxylation is 1. The van der Waals surface area contributed by atoms with Gasteiger partial charge in [0.15, 0.2) is 6.61 Å². The van der Waals surface area contributed by atoms with Gasteiger partial charge in [-0.1, -0.05) is 17.7 Å². The van der Waals surface area contributed by atoms with Crippen molar-refractivity contribution in [1.82, 2.24) is 5.32 Å². The Balaban J connectivity index is 2.47. The van der Waals surface area contributed by atoms with Crippen molar-refractivity contribution in [3.63, 3.8) is 0 Å². The average molecular weight is 288 g/mol. The SMILES string of the molecule is COCC(CO)NC(=O)COc1cc(C)ccc1Cl. The van der Waals surface area contributed by atoms with E-state index < -0.39 is 6.04 Å². The second-order valence-electron chi connectivity index (χ2n) is 4.12. The lowest BCUT2D eigenvalue weighted by molar-refractivity contribution is -0.124. The summed E-state index contributed by atoms with van der Waals surface area (Å²) in [6, 6.07) is 4.89. The van der Waals surface area contributed by atoms with Crippen molar-refractivity contribution in [2.45, 2.75) is 13.0 Å². The largest absolute Gasteiger partial charge is 0.482 e. The van der Waals surface area contributed by atoms with Crippen molar-refractivity contribution >= 4 is 17.5 Å². The molecule has 1 aromatic carbocycles. The standard InChI is InChI=1S/C13H18ClNO4/c1-9-3-4-11(14)12(5-9)19-8-13(17)15-10(6-16)7-18-2/h3-5,10,16H,6-8H2,1-2H3,(H,15,17). The third-order valence-corrected chi connectivity index (χ3v) is 2.71. The molecule has 19 heavy (non-hydrogen) atoms. The molecule has 0 aliphatic rings. The zero-order valence-electron chi connectivity index (χ0n) is 11.0. The van der Waals surface area contributed by atoms with E-state index in [1.54, 1.807) is 12.1 Å². The summed E-state index contributed by atoms with van der Waals surface area (Å²) in [5.74, 6) is 0.123. The Hall–Kier alpha value is -1.30. The first-order valence-electron chi connectivity index (χ1n) is 5.85. The Morgan fingerprint density at radius 3 is 2.89 bits per heavy atom. The molecule has 1 amide bonds. The summed E-state index contributed by atoms with van der Waals surface area (Å²) in [6.07, 6.45) is 0. The molecule has 5 nitrogen and oxygen atoms in total. The highest BCUT2D eigenvalue weighted by Gasteiger charge is 2.12. The first kappa shape index (κ1) is 15.8. The van der Waals surface area contributed by atoms with Crippen LogP contribution in [0.4, 0.5) is 0 Å². The van der Waals surface area contributed by atoms with Crippen molar-refractivity contribution < 1.29 is 19.4 Å². The van der Waals surface area contributed by atoms with Gasteiger partial charge in [0.2, 0.25) is 0 Å². The highest BCUT2D eigenvalue weighted by Crippen LogP contribution is 2.24. The second-order valence-corrected chi connectivity index (χ2v) is 4.53. The number of amides is 1. The number of ether oxygens (including phenoxy) is 2. The Labute approximate surface area is 117 Å². The molecule has 0 heterocycles. The second kappa shape index (κ2) is 7.99. The molecule has 0 saturated carbocycles. The van der Waals surface area contributed by atoms with Crippen LogP contribution in [-0.2, 0) is 9.53 Å². The van der Waals surface area contributed by atoms with Gasteiger partial charge in [-0.25, -0.2) is 0 Å². The first-order valence-corrected chi connectivity index (χ1v) is 6.22. The van der Waals surface area contributed by atoms with Crippen LogP contribution in [0.2, 0.25) is 5.02 Å². The third kappa shape index (κ3) is 5.46. The maximum atomic E-state index is 11.6. The number of carbonyl (C=O) groups excluding carboxylic acids is 1. The summed E-state index contributed by atoms with van der Waals surface area (Å²) >= 11 is 5.95. The number of hydrogen-bond acceptors (Lipinski definition) is 4. The lowest BCUT2D eigenvalue weighted by Crippen LogP contribution is -2.42. The van der Waals surface area contributed by atoms with Crippen LogP contribution in [0.25, 0.3) is 0 Å². The molecule has 0 bridgehead atoms. The third-order valence-electron chi connectivity index (χ3n) is 2.40. The maximum Gasteiger partial charge on any atom is 0.258 e. The van der Waals surface area contributed by atoms with E-state index in [4.69, 9.17) is 26.2 Å². The van der Waals surface area contributed by atoms with E-state index in [1.165, 1.54) is 7.11 Å². The number of nitrogens with one attached hydrogen (secondary N) is 1. The minimum Gasteiger partial charge on any atom is -0.482 e. The number of hydrogen-bond donors (Lipinski definition) is 2. The molecule has 1 rings (SSSR count).